The SMILES string of the molecule is CCNC(=NCc1cccc(OCCN2CCOCC2)c1)NCC(C)c1ccsc1.I. The number of thiophene rings is 1. The summed E-state index contributed by atoms with van der Waals surface area (Å²) in [6.45, 7) is 11.9. The van der Waals surface area contributed by atoms with Crippen molar-refractivity contribution in [3.8, 4) is 5.75 Å². The van der Waals surface area contributed by atoms with Crippen LogP contribution in [0.15, 0.2) is 46.1 Å². The molecule has 1 aliphatic rings. The Bertz CT molecular complexity index is 767. The van der Waals surface area contributed by atoms with Crippen molar-refractivity contribution in [3.05, 3.63) is 52.2 Å². The van der Waals surface area contributed by atoms with Gasteiger partial charge >= 0.3 is 0 Å². The summed E-state index contributed by atoms with van der Waals surface area (Å²) in [6, 6.07) is 10.4. The molecule has 1 aliphatic heterocycles. The van der Waals surface area contributed by atoms with E-state index >= 15 is 0 Å². The van der Waals surface area contributed by atoms with Crippen molar-refractivity contribution < 1.29 is 9.47 Å². The number of hydrogen-bond donors (Lipinski definition) is 2. The molecule has 1 aromatic heterocycles. The van der Waals surface area contributed by atoms with Crippen molar-refractivity contribution in [3.63, 3.8) is 0 Å². The molecule has 0 amide bonds. The number of aliphatic imine (C=N–C) groups is 1. The third kappa shape index (κ3) is 9.34. The third-order valence-corrected chi connectivity index (χ3v) is 5.83. The summed E-state index contributed by atoms with van der Waals surface area (Å²) in [7, 11) is 0. The summed E-state index contributed by atoms with van der Waals surface area (Å²) in [4.78, 5) is 7.13. The summed E-state index contributed by atoms with van der Waals surface area (Å²) in [5.74, 6) is 2.20. The van der Waals surface area contributed by atoms with Crippen LogP contribution in [0.4, 0.5) is 0 Å². The van der Waals surface area contributed by atoms with E-state index < -0.39 is 0 Å². The molecule has 31 heavy (non-hydrogen) atoms. The maximum Gasteiger partial charge on any atom is 0.191 e. The third-order valence-electron chi connectivity index (χ3n) is 5.13. The van der Waals surface area contributed by atoms with E-state index in [9.17, 15) is 0 Å². The van der Waals surface area contributed by atoms with Gasteiger partial charge < -0.3 is 20.1 Å². The molecule has 2 N–H and O–H groups in total. The van der Waals surface area contributed by atoms with Gasteiger partial charge in [0.2, 0.25) is 0 Å². The van der Waals surface area contributed by atoms with Gasteiger partial charge in [-0.1, -0.05) is 19.1 Å². The van der Waals surface area contributed by atoms with Crippen LogP contribution in [-0.2, 0) is 11.3 Å². The molecule has 1 atom stereocenters. The number of halogens is 1. The van der Waals surface area contributed by atoms with Gasteiger partial charge in [0, 0.05) is 32.7 Å². The fourth-order valence-corrected chi connectivity index (χ4v) is 4.07. The molecule has 0 aliphatic carbocycles. The second kappa shape index (κ2) is 14.7. The predicted molar refractivity (Wildman–Crippen MR) is 140 cm³/mol. The van der Waals surface area contributed by atoms with Crippen molar-refractivity contribution in [1.82, 2.24) is 15.5 Å². The fourth-order valence-electron chi connectivity index (χ4n) is 3.29. The number of nitrogens with one attached hydrogen (secondary N) is 2. The Labute approximate surface area is 207 Å². The molecule has 1 aromatic carbocycles. The second-order valence-electron chi connectivity index (χ2n) is 7.48. The number of ether oxygens (including phenoxy) is 2. The van der Waals surface area contributed by atoms with Crippen molar-refractivity contribution in [2.75, 3.05) is 52.5 Å². The molecule has 2 aromatic rings. The van der Waals surface area contributed by atoms with Gasteiger partial charge in [-0.2, -0.15) is 11.3 Å². The highest BCUT2D eigenvalue weighted by atomic mass is 127. The quantitative estimate of drug-likeness (QED) is 0.263. The summed E-state index contributed by atoms with van der Waals surface area (Å²) in [5, 5.41) is 11.1. The van der Waals surface area contributed by atoms with Crippen molar-refractivity contribution in [2.24, 2.45) is 4.99 Å². The smallest absolute Gasteiger partial charge is 0.191 e. The second-order valence-corrected chi connectivity index (χ2v) is 8.26. The zero-order valence-electron chi connectivity index (χ0n) is 18.5. The minimum Gasteiger partial charge on any atom is -0.492 e. The first-order valence-electron chi connectivity index (χ1n) is 10.8. The van der Waals surface area contributed by atoms with E-state index in [1.807, 2.05) is 12.1 Å². The normalized spacial score (nSPS) is 15.7. The van der Waals surface area contributed by atoms with Gasteiger partial charge in [0.15, 0.2) is 5.96 Å². The van der Waals surface area contributed by atoms with E-state index in [4.69, 9.17) is 14.5 Å². The average Bonchev–Trinajstić information content (AvgIpc) is 3.32. The molecule has 1 fully saturated rings. The number of benzene rings is 1. The molecule has 3 rings (SSSR count). The van der Waals surface area contributed by atoms with Gasteiger partial charge in [0.05, 0.1) is 19.8 Å². The molecular weight excluding hydrogens is 523 g/mol. The van der Waals surface area contributed by atoms with Crippen LogP contribution in [0.5, 0.6) is 5.75 Å². The van der Waals surface area contributed by atoms with Gasteiger partial charge in [-0.15, -0.1) is 24.0 Å². The standard InChI is InChI=1S/C23H34N4O2S.HI/c1-3-24-23(25-16-19(2)21-7-14-30-18-21)26-17-20-5-4-6-22(15-20)29-13-10-27-8-11-28-12-9-27;/h4-7,14-15,18-19H,3,8-13,16-17H2,1-2H3,(H2,24,25,26);1H. The Morgan fingerprint density at radius 2 is 2.10 bits per heavy atom. The summed E-state index contributed by atoms with van der Waals surface area (Å²) in [6.07, 6.45) is 0. The lowest BCUT2D eigenvalue weighted by atomic mass is 10.1. The zero-order valence-corrected chi connectivity index (χ0v) is 21.7. The maximum atomic E-state index is 5.96. The minimum atomic E-state index is 0. The van der Waals surface area contributed by atoms with E-state index in [2.05, 4.69) is 58.3 Å². The molecule has 1 unspecified atom stereocenters. The highest BCUT2D eigenvalue weighted by Crippen LogP contribution is 2.17. The van der Waals surface area contributed by atoms with Crippen molar-refractivity contribution in [2.45, 2.75) is 26.3 Å². The fraction of sp³-hybridized carbons (Fsp3) is 0.522. The maximum absolute atomic E-state index is 5.96. The number of morpholine rings is 1. The molecule has 0 bridgehead atoms. The van der Waals surface area contributed by atoms with Crippen LogP contribution in [0.2, 0.25) is 0 Å². The molecule has 0 spiro atoms. The summed E-state index contributed by atoms with van der Waals surface area (Å²) in [5.41, 5.74) is 2.51. The lowest BCUT2D eigenvalue weighted by Gasteiger charge is -2.26. The Morgan fingerprint density at radius 1 is 1.26 bits per heavy atom. The monoisotopic (exact) mass is 558 g/mol. The minimum absolute atomic E-state index is 0. The zero-order chi connectivity index (χ0) is 21.0. The highest BCUT2D eigenvalue weighted by Gasteiger charge is 2.10. The van der Waals surface area contributed by atoms with Crippen LogP contribution in [0, 0.1) is 0 Å². The topological polar surface area (TPSA) is 58.1 Å². The van der Waals surface area contributed by atoms with E-state index in [1.54, 1.807) is 11.3 Å². The first-order chi connectivity index (χ1) is 14.7. The van der Waals surface area contributed by atoms with Crippen LogP contribution < -0.4 is 15.4 Å². The van der Waals surface area contributed by atoms with E-state index in [1.165, 1.54) is 5.56 Å². The van der Waals surface area contributed by atoms with Gasteiger partial charge in [0.1, 0.15) is 12.4 Å². The van der Waals surface area contributed by atoms with E-state index in [-0.39, 0.29) is 24.0 Å². The largest absolute Gasteiger partial charge is 0.492 e. The van der Waals surface area contributed by atoms with Gasteiger partial charge in [-0.25, -0.2) is 4.99 Å². The van der Waals surface area contributed by atoms with Crippen LogP contribution in [0.1, 0.15) is 30.9 Å². The van der Waals surface area contributed by atoms with Crippen molar-refractivity contribution >= 4 is 41.3 Å². The van der Waals surface area contributed by atoms with Gasteiger partial charge in [-0.05, 0) is 52.9 Å². The number of rotatable bonds is 10. The molecule has 172 valence electrons. The van der Waals surface area contributed by atoms with Gasteiger partial charge in [0.25, 0.3) is 0 Å². The Morgan fingerprint density at radius 3 is 2.84 bits per heavy atom. The molecular formula is C23H35IN4O2S. The molecule has 0 saturated carbocycles. The Balaban J connectivity index is 0.00000341. The molecule has 0 radical (unpaired) electrons. The Hall–Kier alpha value is -1.36. The number of hydrogen-bond acceptors (Lipinski definition) is 5. The number of guanidine groups is 1. The molecule has 6 nitrogen and oxygen atoms in total. The van der Waals surface area contributed by atoms with Crippen LogP contribution in [0.25, 0.3) is 0 Å². The van der Waals surface area contributed by atoms with E-state index in [0.29, 0.717) is 19.1 Å². The molecule has 8 heteroatoms. The van der Waals surface area contributed by atoms with Gasteiger partial charge in [-0.3, -0.25) is 4.90 Å². The Kier molecular flexibility index (Phi) is 12.2. The van der Waals surface area contributed by atoms with Crippen LogP contribution >= 0.6 is 35.3 Å². The predicted octanol–water partition coefficient (Wildman–Crippen LogP) is 3.94. The molecule has 2 heterocycles. The highest BCUT2D eigenvalue weighted by molar-refractivity contribution is 14.0. The van der Waals surface area contributed by atoms with Crippen LogP contribution in [0.3, 0.4) is 0 Å². The molecule has 1 saturated heterocycles. The summed E-state index contributed by atoms with van der Waals surface area (Å²) < 4.78 is 11.4. The van der Waals surface area contributed by atoms with Crippen LogP contribution in [-0.4, -0.2) is 63.4 Å². The first kappa shape index (κ1) is 25.9. The van der Waals surface area contributed by atoms with Crippen molar-refractivity contribution in [1.29, 1.82) is 0 Å². The average molecular weight is 559 g/mol. The first-order valence-corrected chi connectivity index (χ1v) is 11.7. The lowest BCUT2D eigenvalue weighted by Crippen LogP contribution is -2.39. The van der Waals surface area contributed by atoms with E-state index in [0.717, 1.165) is 63.2 Å². The lowest BCUT2D eigenvalue weighted by molar-refractivity contribution is 0.0322. The summed E-state index contributed by atoms with van der Waals surface area (Å²) >= 11 is 1.74. The number of nitrogens with zero attached hydrogens (tertiary/aromatic N) is 2.